The molecule has 1 aliphatic carbocycles. The summed E-state index contributed by atoms with van der Waals surface area (Å²) >= 11 is 0. The van der Waals surface area contributed by atoms with Crippen molar-refractivity contribution in [3.8, 4) is 0 Å². The van der Waals surface area contributed by atoms with E-state index in [4.69, 9.17) is 10.5 Å². The summed E-state index contributed by atoms with van der Waals surface area (Å²) in [5, 5.41) is 3.20. The van der Waals surface area contributed by atoms with Crippen LogP contribution in [0.4, 0.5) is 5.69 Å². The molecule has 3 N–H and O–H groups in total. The van der Waals surface area contributed by atoms with Crippen molar-refractivity contribution in [1.29, 1.82) is 0 Å². The monoisotopic (exact) mass is 401 g/mol. The molecule has 0 radical (unpaired) electrons. The van der Waals surface area contributed by atoms with Gasteiger partial charge in [0, 0.05) is 17.7 Å². The average molecular weight is 401 g/mol. The Hall–Kier alpha value is -0.820. The number of benzene rings is 1. The summed E-state index contributed by atoms with van der Waals surface area (Å²) < 4.78 is 5.43. The maximum absolute atomic E-state index is 5.99. The number of nitrogens with zero attached hydrogens (tertiary/aromatic N) is 1. The van der Waals surface area contributed by atoms with Crippen molar-refractivity contribution in [2.24, 2.45) is 16.1 Å². The third-order valence-corrected chi connectivity index (χ3v) is 4.30. The Morgan fingerprint density at radius 1 is 1.38 bits per heavy atom. The number of aliphatic imine (C=N–C) groups is 1. The summed E-state index contributed by atoms with van der Waals surface area (Å²) in [7, 11) is 0. The number of fused-ring (bicyclic) bond motifs is 1. The first kappa shape index (κ1) is 16.5. The van der Waals surface area contributed by atoms with Crippen LogP contribution in [0.15, 0.2) is 23.2 Å². The Morgan fingerprint density at radius 2 is 2.19 bits per heavy atom. The number of anilines is 1. The molecule has 0 amide bonds. The van der Waals surface area contributed by atoms with Crippen LogP contribution in [0.25, 0.3) is 0 Å². The standard InChI is InChI=1S/C16H23N3O.HI/c1-16(7-8-20-11-16)10-18-15(17)19-14-6-5-12-3-2-4-13(12)9-14;/h5-6,9H,2-4,7-8,10-11H2,1H3,(H3,17,18,19);1H. The van der Waals surface area contributed by atoms with E-state index in [1.807, 2.05) is 0 Å². The molecule has 1 heterocycles. The van der Waals surface area contributed by atoms with Crippen molar-refractivity contribution in [2.75, 3.05) is 25.1 Å². The molecule has 0 saturated carbocycles. The van der Waals surface area contributed by atoms with Crippen LogP contribution in [-0.2, 0) is 17.6 Å². The lowest BCUT2D eigenvalue weighted by molar-refractivity contribution is 0.163. The molecule has 21 heavy (non-hydrogen) atoms. The minimum absolute atomic E-state index is 0. The summed E-state index contributed by atoms with van der Waals surface area (Å²) in [4.78, 5) is 4.47. The number of hydrogen-bond donors (Lipinski definition) is 2. The molecule has 4 nitrogen and oxygen atoms in total. The maximum Gasteiger partial charge on any atom is 0.193 e. The van der Waals surface area contributed by atoms with Gasteiger partial charge in [-0.3, -0.25) is 4.99 Å². The largest absolute Gasteiger partial charge is 0.381 e. The quantitative estimate of drug-likeness (QED) is 0.465. The molecule has 1 aromatic carbocycles. The lowest BCUT2D eigenvalue weighted by atomic mass is 9.90. The Morgan fingerprint density at radius 3 is 2.95 bits per heavy atom. The predicted octanol–water partition coefficient (Wildman–Crippen LogP) is 2.95. The van der Waals surface area contributed by atoms with Gasteiger partial charge in [0.25, 0.3) is 0 Å². The molecule has 3 rings (SSSR count). The van der Waals surface area contributed by atoms with Crippen molar-refractivity contribution < 1.29 is 4.74 Å². The van der Waals surface area contributed by atoms with Gasteiger partial charge in [0.05, 0.1) is 13.2 Å². The van der Waals surface area contributed by atoms with Crippen LogP contribution in [0.5, 0.6) is 0 Å². The lowest BCUT2D eigenvalue weighted by Gasteiger charge is -2.18. The van der Waals surface area contributed by atoms with E-state index >= 15 is 0 Å². The second kappa shape index (κ2) is 6.96. The first-order valence-electron chi connectivity index (χ1n) is 7.41. The minimum Gasteiger partial charge on any atom is -0.381 e. The van der Waals surface area contributed by atoms with Gasteiger partial charge < -0.3 is 15.8 Å². The van der Waals surface area contributed by atoms with Crippen LogP contribution in [-0.4, -0.2) is 25.7 Å². The zero-order chi connectivity index (χ0) is 14.0. The van der Waals surface area contributed by atoms with E-state index < -0.39 is 0 Å². The number of guanidine groups is 1. The van der Waals surface area contributed by atoms with Gasteiger partial charge >= 0.3 is 0 Å². The molecule has 1 unspecified atom stereocenters. The Balaban J connectivity index is 0.00000161. The van der Waals surface area contributed by atoms with Crippen LogP contribution in [0.1, 0.15) is 30.9 Å². The van der Waals surface area contributed by atoms with Crippen molar-refractivity contribution >= 4 is 35.6 Å². The third-order valence-electron chi connectivity index (χ3n) is 4.30. The van der Waals surface area contributed by atoms with Crippen molar-refractivity contribution in [1.82, 2.24) is 0 Å². The van der Waals surface area contributed by atoms with Gasteiger partial charge in [0.2, 0.25) is 0 Å². The molecule has 0 aromatic heterocycles. The summed E-state index contributed by atoms with van der Waals surface area (Å²) in [6.45, 7) is 4.54. The van der Waals surface area contributed by atoms with Crippen molar-refractivity contribution in [3.05, 3.63) is 29.3 Å². The topological polar surface area (TPSA) is 59.6 Å². The molecular formula is C16H24IN3O. The molecule has 1 aromatic rings. The molecule has 1 atom stereocenters. The van der Waals surface area contributed by atoms with E-state index in [0.29, 0.717) is 5.96 Å². The smallest absolute Gasteiger partial charge is 0.193 e. The van der Waals surface area contributed by atoms with Crippen molar-refractivity contribution in [3.63, 3.8) is 0 Å². The molecule has 1 fully saturated rings. The number of nitrogens with one attached hydrogen (secondary N) is 1. The van der Waals surface area contributed by atoms with E-state index in [2.05, 4.69) is 35.4 Å². The number of rotatable bonds is 3. The third kappa shape index (κ3) is 4.10. The fourth-order valence-electron chi connectivity index (χ4n) is 2.95. The van der Waals surface area contributed by atoms with Crippen LogP contribution >= 0.6 is 24.0 Å². The molecule has 1 saturated heterocycles. The summed E-state index contributed by atoms with van der Waals surface area (Å²) in [5.74, 6) is 0.496. The summed E-state index contributed by atoms with van der Waals surface area (Å²) in [6.07, 6.45) is 4.71. The SMILES string of the molecule is CC1(CN=C(N)Nc2ccc3c(c2)CCC3)CCOC1.I. The normalized spacial score (nSPS) is 24.5. The van der Waals surface area contributed by atoms with Gasteiger partial charge in [0.15, 0.2) is 5.96 Å². The van der Waals surface area contributed by atoms with E-state index in [-0.39, 0.29) is 29.4 Å². The number of hydrogen-bond acceptors (Lipinski definition) is 2. The Kier molecular flexibility index (Phi) is 5.48. The zero-order valence-electron chi connectivity index (χ0n) is 12.5. The van der Waals surface area contributed by atoms with Gasteiger partial charge in [-0.2, -0.15) is 0 Å². The highest BCUT2D eigenvalue weighted by Crippen LogP contribution is 2.28. The van der Waals surface area contributed by atoms with Crippen LogP contribution < -0.4 is 11.1 Å². The molecule has 1 aliphatic heterocycles. The van der Waals surface area contributed by atoms with Gasteiger partial charge in [-0.1, -0.05) is 13.0 Å². The highest BCUT2D eigenvalue weighted by Gasteiger charge is 2.29. The van der Waals surface area contributed by atoms with Crippen LogP contribution in [0, 0.1) is 5.41 Å². The predicted molar refractivity (Wildman–Crippen MR) is 97.5 cm³/mol. The van der Waals surface area contributed by atoms with Crippen LogP contribution in [0.2, 0.25) is 0 Å². The van der Waals surface area contributed by atoms with Gasteiger partial charge in [-0.05, 0) is 48.9 Å². The number of ether oxygens (including phenoxy) is 1. The number of aryl methyl sites for hydroxylation is 2. The zero-order valence-corrected chi connectivity index (χ0v) is 14.9. The molecule has 0 bridgehead atoms. The van der Waals surface area contributed by atoms with Gasteiger partial charge in [-0.15, -0.1) is 24.0 Å². The van der Waals surface area contributed by atoms with E-state index in [9.17, 15) is 0 Å². The Bertz CT molecular complexity index is 524. The summed E-state index contributed by atoms with van der Waals surface area (Å²) in [5.41, 5.74) is 10.1. The Labute approximate surface area is 143 Å². The van der Waals surface area contributed by atoms with Crippen LogP contribution in [0.3, 0.4) is 0 Å². The van der Waals surface area contributed by atoms with Gasteiger partial charge in [-0.25, -0.2) is 0 Å². The molecule has 116 valence electrons. The highest BCUT2D eigenvalue weighted by molar-refractivity contribution is 14.0. The second-order valence-corrected chi connectivity index (χ2v) is 6.28. The molecule has 0 spiro atoms. The van der Waals surface area contributed by atoms with Gasteiger partial charge in [0.1, 0.15) is 0 Å². The average Bonchev–Trinajstić information content (AvgIpc) is 3.05. The van der Waals surface area contributed by atoms with E-state index in [1.165, 1.54) is 30.4 Å². The first-order chi connectivity index (χ1) is 9.65. The van der Waals surface area contributed by atoms with E-state index in [1.54, 1.807) is 0 Å². The maximum atomic E-state index is 5.99. The minimum atomic E-state index is 0. The molecule has 2 aliphatic rings. The molecular weight excluding hydrogens is 377 g/mol. The van der Waals surface area contributed by atoms with Crippen molar-refractivity contribution in [2.45, 2.75) is 32.6 Å². The fraction of sp³-hybridized carbons (Fsp3) is 0.562. The first-order valence-corrected chi connectivity index (χ1v) is 7.41. The number of nitrogens with two attached hydrogens (primary N) is 1. The highest BCUT2D eigenvalue weighted by atomic mass is 127. The van der Waals surface area contributed by atoms with E-state index in [0.717, 1.165) is 31.9 Å². The lowest BCUT2D eigenvalue weighted by Crippen LogP contribution is -2.27. The molecule has 5 heteroatoms. The number of halogens is 1. The second-order valence-electron chi connectivity index (χ2n) is 6.28. The fourth-order valence-corrected chi connectivity index (χ4v) is 2.95. The summed E-state index contributed by atoms with van der Waals surface area (Å²) in [6, 6.07) is 6.49.